The molecule has 2 heterocycles. The Morgan fingerprint density at radius 1 is 1.12 bits per heavy atom. The van der Waals surface area contributed by atoms with Crippen LogP contribution in [0.15, 0.2) is 30.3 Å². The lowest BCUT2D eigenvalue weighted by atomic mass is 10.1. The number of hydrogen-bond donors (Lipinski definition) is 0. The molecule has 2 saturated heterocycles. The third-order valence-electron chi connectivity index (χ3n) is 3.51. The number of benzene rings is 1. The molecule has 5 heteroatoms. The lowest BCUT2D eigenvalue weighted by Crippen LogP contribution is -2.36. The van der Waals surface area contributed by atoms with Crippen molar-refractivity contribution in [1.29, 1.82) is 0 Å². The van der Waals surface area contributed by atoms with Gasteiger partial charge in [0.05, 0.1) is 17.5 Å². The summed E-state index contributed by atoms with van der Waals surface area (Å²) in [6.07, 6.45) is 0.360. The zero-order chi connectivity index (χ0) is 12.0. The van der Waals surface area contributed by atoms with Gasteiger partial charge in [-0.05, 0) is 12.1 Å². The minimum atomic E-state index is -2.96. The summed E-state index contributed by atoms with van der Waals surface area (Å²) in [5.74, 6) is 0.291. The van der Waals surface area contributed by atoms with Gasteiger partial charge in [0.1, 0.15) is 0 Å². The summed E-state index contributed by atoms with van der Waals surface area (Å²) in [5, 5.41) is 0. The summed E-state index contributed by atoms with van der Waals surface area (Å²) in [5.41, 5.74) is 0.808. The van der Waals surface area contributed by atoms with Gasteiger partial charge in [-0.1, -0.05) is 18.2 Å². The van der Waals surface area contributed by atoms with Crippen molar-refractivity contribution in [2.24, 2.45) is 5.92 Å². The molecule has 4 nitrogen and oxygen atoms in total. The van der Waals surface area contributed by atoms with E-state index >= 15 is 0 Å². The van der Waals surface area contributed by atoms with Crippen LogP contribution in [0, 0.1) is 5.92 Å². The zero-order valence-electron chi connectivity index (χ0n) is 9.24. The van der Waals surface area contributed by atoms with E-state index in [1.54, 1.807) is 4.90 Å². The van der Waals surface area contributed by atoms with Crippen LogP contribution in [0.5, 0.6) is 0 Å². The van der Waals surface area contributed by atoms with E-state index in [0.717, 1.165) is 5.69 Å². The Morgan fingerprint density at radius 3 is 2.53 bits per heavy atom. The van der Waals surface area contributed by atoms with Gasteiger partial charge in [0.25, 0.3) is 0 Å². The third-order valence-corrected chi connectivity index (χ3v) is 5.29. The summed E-state index contributed by atoms with van der Waals surface area (Å²) in [4.78, 5) is 13.6. The van der Waals surface area contributed by atoms with Crippen LogP contribution in [0.3, 0.4) is 0 Å². The third kappa shape index (κ3) is 1.74. The molecule has 0 aromatic heterocycles. The van der Waals surface area contributed by atoms with E-state index in [0.29, 0.717) is 6.42 Å². The molecule has 0 bridgehead atoms. The number of rotatable bonds is 1. The monoisotopic (exact) mass is 251 g/mol. The topological polar surface area (TPSA) is 54.5 Å². The van der Waals surface area contributed by atoms with Gasteiger partial charge >= 0.3 is 0 Å². The molecule has 90 valence electrons. The Balaban J connectivity index is 1.98. The number of nitrogens with zero attached hydrogens (tertiary/aromatic N) is 1. The van der Waals surface area contributed by atoms with E-state index in [1.807, 2.05) is 30.3 Å². The Bertz CT molecular complexity index is 552. The van der Waals surface area contributed by atoms with Crippen LogP contribution in [0.4, 0.5) is 5.69 Å². The fourth-order valence-corrected chi connectivity index (χ4v) is 4.88. The molecule has 0 saturated carbocycles. The smallest absolute Gasteiger partial charge is 0.227 e. The summed E-state index contributed by atoms with van der Waals surface area (Å²) < 4.78 is 23.2. The molecular weight excluding hydrogens is 238 g/mol. The van der Waals surface area contributed by atoms with Gasteiger partial charge in [-0.25, -0.2) is 8.42 Å². The predicted octanol–water partition coefficient (Wildman–Crippen LogP) is 0.836. The minimum absolute atomic E-state index is 0.0206. The van der Waals surface area contributed by atoms with Crippen LogP contribution >= 0.6 is 0 Å². The molecule has 2 aliphatic heterocycles. The van der Waals surface area contributed by atoms with Crippen molar-refractivity contribution in [2.45, 2.75) is 12.5 Å². The number of fused-ring (bicyclic) bond motifs is 1. The molecule has 2 atom stereocenters. The number of para-hydroxylation sites is 1. The van der Waals surface area contributed by atoms with E-state index in [1.165, 1.54) is 0 Å². The predicted molar refractivity (Wildman–Crippen MR) is 64.5 cm³/mol. The second kappa shape index (κ2) is 3.57. The van der Waals surface area contributed by atoms with Crippen molar-refractivity contribution in [1.82, 2.24) is 0 Å². The summed E-state index contributed by atoms with van der Waals surface area (Å²) in [7, 11) is -2.96. The van der Waals surface area contributed by atoms with E-state index in [4.69, 9.17) is 0 Å². The molecule has 3 rings (SSSR count). The van der Waals surface area contributed by atoms with Gasteiger partial charge in [0, 0.05) is 18.0 Å². The first-order valence-corrected chi connectivity index (χ1v) is 7.46. The van der Waals surface area contributed by atoms with Crippen LogP contribution in [0.2, 0.25) is 0 Å². The average molecular weight is 251 g/mol. The van der Waals surface area contributed by atoms with E-state index in [-0.39, 0.29) is 29.4 Å². The second-order valence-corrected chi connectivity index (χ2v) is 6.86. The van der Waals surface area contributed by atoms with Crippen molar-refractivity contribution < 1.29 is 13.2 Å². The van der Waals surface area contributed by atoms with Gasteiger partial charge in [0.15, 0.2) is 9.84 Å². The average Bonchev–Trinajstić information content (AvgIpc) is 2.69. The second-order valence-electron chi connectivity index (χ2n) is 4.71. The van der Waals surface area contributed by atoms with Crippen molar-refractivity contribution in [3.8, 4) is 0 Å². The van der Waals surface area contributed by atoms with Crippen LogP contribution in [0.25, 0.3) is 0 Å². The lowest BCUT2D eigenvalue weighted by molar-refractivity contribution is -0.117. The van der Waals surface area contributed by atoms with Crippen molar-refractivity contribution in [2.75, 3.05) is 16.4 Å². The van der Waals surface area contributed by atoms with E-state index < -0.39 is 9.84 Å². The standard InChI is InChI=1S/C12H13NO3S/c14-12-6-9-7-17(15,16)8-11(9)13(12)10-4-2-1-3-5-10/h1-5,9,11H,6-8H2/t9-,11-/m1/s1. The fraction of sp³-hybridized carbons (Fsp3) is 0.417. The molecule has 0 aliphatic carbocycles. The first-order valence-electron chi connectivity index (χ1n) is 5.64. The quantitative estimate of drug-likeness (QED) is 0.743. The number of carbonyl (C=O) groups excluding carboxylic acids is 1. The molecule has 1 aromatic rings. The molecule has 2 aliphatic rings. The number of carbonyl (C=O) groups is 1. The Kier molecular flexibility index (Phi) is 2.26. The maximum absolute atomic E-state index is 11.9. The lowest BCUT2D eigenvalue weighted by Gasteiger charge is -2.23. The van der Waals surface area contributed by atoms with Gasteiger partial charge < -0.3 is 4.90 Å². The maximum Gasteiger partial charge on any atom is 0.227 e. The van der Waals surface area contributed by atoms with Gasteiger partial charge in [-0.3, -0.25) is 4.79 Å². The van der Waals surface area contributed by atoms with Gasteiger partial charge in [0.2, 0.25) is 5.91 Å². The minimum Gasteiger partial charge on any atom is -0.308 e. The van der Waals surface area contributed by atoms with E-state index in [2.05, 4.69) is 0 Å². The first-order chi connectivity index (χ1) is 8.07. The van der Waals surface area contributed by atoms with Crippen LogP contribution < -0.4 is 4.90 Å². The summed E-state index contributed by atoms with van der Waals surface area (Å²) >= 11 is 0. The highest BCUT2D eigenvalue weighted by Crippen LogP contribution is 2.36. The highest BCUT2D eigenvalue weighted by atomic mass is 32.2. The Labute approximate surface area is 100 Å². The van der Waals surface area contributed by atoms with Gasteiger partial charge in [-0.15, -0.1) is 0 Å². The van der Waals surface area contributed by atoms with Crippen LogP contribution in [-0.2, 0) is 14.6 Å². The molecule has 17 heavy (non-hydrogen) atoms. The summed E-state index contributed by atoms with van der Waals surface area (Å²) in [6, 6.07) is 9.15. The van der Waals surface area contributed by atoms with Gasteiger partial charge in [-0.2, -0.15) is 0 Å². The summed E-state index contributed by atoms with van der Waals surface area (Å²) in [6.45, 7) is 0. The number of sulfone groups is 1. The molecule has 1 amide bonds. The molecule has 1 aromatic carbocycles. The highest BCUT2D eigenvalue weighted by Gasteiger charge is 2.49. The van der Waals surface area contributed by atoms with Crippen LogP contribution in [0.1, 0.15) is 6.42 Å². The SMILES string of the molecule is O=C1C[C@@H]2CS(=O)(=O)C[C@H]2N1c1ccccc1. The molecule has 0 spiro atoms. The maximum atomic E-state index is 11.9. The Morgan fingerprint density at radius 2 is 1.82 bits per heavy atom. The zero-order valence-corrected chi connectivity index (χ0v) is 10.1. The number of amides is 1. The normalized spacial score (nSPS) is 30.6. The van der Waals surface area contributed by atoms with E-state index in [9.17, 15) is 13.2 Å². The van der Waals surface area contributed by atoms with Crippen molar-refractivity contribution in [3.63, 3.8) is 0 Å². The molecule has 2 fully saturated rings. The molecule has 0 unspecified atom stereocenters. The van der Waals surface area contributed by atoms with Crippen LogP contribution in [-0.4, -0.2) is 31.9 Å². The van der Waals surface area contributed by atoms with Crippen molar-refractivity contribution in [3.05, 3.63) is 30.3 Å². The number of anilines is 1. The molecule has 0 radical (unpaired) electrons. The first kappa shape index (κ1) is 10.8. The molecular formula is C12H13NO3S. The molecule has 0 N–H and O–H groups in total. The highest BCUT2D eigenvalue weighted by molar-refractivity contribution is 7.91. The largest absolute Gasteiger partial charge is 0.308 e. The number of hydrogen-bond acceptors (Lipinski definition) is 3. The van der Waals surface area contributed by atoms with Crippen molar-refractivity contribution >= 4 is 21.4 Å². The Hall–Kier alpha value is -1.36. The fourth-order valence-electron chi connectivity index (χ4n) is 2.81.